The lowest BCUT2D eigenvalue weighted by Crippen LogP contribution is -2.37. The third kappa shape index (κ3) is 4.86. The van der Waals surface area contributed by atoms with Crippen molar-refractivity contribution in [3.63, 3.8) is 0 Å². The molecular formula is C14H22F2N2O. The summed E-state index contributed by atoms with van der Waals surface area (Å²) in [5.74, 6) is 0. The summed E-state index contributed by atoms with van der Waals surface area (Å²) >= 11 is 0. The highest BCUT2D eigenvalue weighted by molar-refractivity contribution is 5.27. The summed E-state index contributed by atoms with van der Waals surface area (Å²) in [5.41, 5.74) is 6.49. The highest BCUT2D eigenvalue weighted by atomic mass is 19.3. The van der Waals surface area contributed by atoms with E-state index in [2.05, 4.69) is 5.32 Å². The zero-order valence-corrected chi connectivity index (χ0v) is 11.2. The van der Waals surface area contributed by atoms with E-state index in [-0.39, 0.29) is 24.3 Å². The first kappa shape index (κ1) is 16.0. The Morgan fingerprint density at radius 1 is 1.32 bits per heavy atom. The van der Waals surface area contributed by atoms with Crippen molar-refractivity contribution in [2.75, 3.05) is 13.2 Å². The largest absolute Gasteiger partial charge is 0.396 e. The molecule has 5 heteroatoms. The van der Waals surface area contributed by atoms with E-state index in [0.29, 0.717) is 13.0 Å². The van der Waals surface area contributed by atoms with Gasteiger partial charge in [0, 0.05) is 30.8 Å². The van der Waals surface area contributed by atoms with Crippen LogP contribution in [0.1, 0.15) is 43.4 Å². The monoisotopic (exact) mass is 272 g/mol. The van der Waals surface area contributed by atoms with E-state index in [0.717, 1.165) is 12.0 Å². The Morgan fingerprint density at radius 2 is 2.00 bits per heavy atom. The minimum absolute atomic E-state index is 0.00737. The van der Waals surface area contributed by atoms with Crippen molar-refractivity contribution in [1.29, 1.82) is 0 Å². The summed E-state index contributed by atoms with van der Waals surface area (Å²) in [6, 6.07) is 6.27. The van der Waals surface area contributed by atoms with Gasteiger partial charge >= 0.3 is 0 Å². The molecule has 3 nitrogen and oxygen atoms in total. The zero-order valence-electron chi connectivity index (χ0n) is 11.2. The number of nitrogens with two attached hydrogens (primary N) is 1. The highest BCUT2D eigenvalue weighted by Crippen LogP contribution is 2.22. The number of nitrogens with one attached hydrogen (secondary N) is 1. The molecule has 0 radical (unpaired) electrons. The van der Waals surface area contributed by atoms with Gasteiger partial charge in [-0.05, 0) is 24.5 Å². The fourth-order valence-corrected chi connectivity index (χ4v) is 2.06. The van der Waals surface area contributed by atoms with Crippen LogP contribution in [0.25, 0.3) is 0 Å². The van der Waals surface area contributed by atoms with Gasteiger partial charge in [-0.2, -0.15) is 0 Å². The predicted octanol–water partition coefficient (Wildman–Crippen LogP) is 2.37. The Balaban J connectivity index is 2.81. The number of aliphatic hydroxyl groups is 1. The van der Waals surface area contributed by atoms with Crippen molar-refractivity contribution in [1.82, 2.24) is 5.32 Å². The normalized spacial score (nSPS) is 14.6. The van der Waals surface area contributed by atoms with Crippen LogP contribution in [0, 0.1) is 0 Å². The minimum Gasteiger partial charge on any atom is -0.396 e. The molecule has 2 atom stereocenters. The fourth-order valence-electron chi connectivity index (χ4n) is 2.06. The molecular weight excluding hydrogens is 250 g/mol. The Morgan fingerprint density at radius 3 is 2.53 bits per heavy atom. The van der Waals surface area contributed by atoms with Crippen LogP contribution in [0.5, 0.6) is 0 Å². The van der Waals surface area contributed by atoms with Gasteiger partial charge in [0.05, 0.1) is 0 Å². The first-order valence-corrected chi connectivity index (χ1v) is 6.57. The van der Waals surface area contributed by atoms with Crippen molar-refractivity contribution >= 4 is 0 Å². The molecule has 0 amide bonds. The second-order valence-corrected chi connectivity index (χ2v) is 4.54. The van der Waals surface area contributed by atoms with Crippen LogP contribution in [-0.4, -0.2) is 24.3 Å². The molecule has 2 unspecified atom stereocenters. The van der Waals surface area contributed by atoms with Crippen LogP contribution in [0.2, 0.25) is 0 Å². The summed E-state index contributed by atoms with van der Waals surface area (Å²) in [6.07, 6.45) is -0.995. The topological polar surface area (TPSA) is 58.3 Å². The van der Waals surface area contributed by atoms with Gasteiger partial charge in [-0.25, -0.2) is 8.78 Å². The summed E-state index contributed by atoms with van der Waals surface area (Å²) in [7, 11) is 0. The molecule has 0 aliphatic rings. The summed E-state index contributed by atoms with van der Waals surface area (Å²) < 4.78 is 25.4. The van der Waals surface area contributed by atoms with Crippen LogP contribution in [0.15, 0.2) is 24.3 Å². The van der Waals surface area contributed by atoms with Crippen molar-refractivity contribution < 1.29 is 13.9 Å². The molecule has 0 bridgehead atoms. The molecule has 0 aliphatic carbocycles. The van der Waals surface area contributed by atoms with Gasteiger partial charge in [0.1, 0.15) is 0 Å². The maximum atomic E-state index is 12.7. The van der Waals surface area contributed by atoms with Crippen molar-refractivity contribution in [2.24, 2.45) is 5.73 Å². The second kappa shape index (κ2) is 8.19. The van der Waals surface area contributed by atoms with Gasteiger partial charge in [0.25, 0.3) is 6.43 Å². The maximum absolute atomic E-state index is 12.7. The number of aliphatic hydroxyl groups excluding tert-OH is 1. The molecule has 4 N–H and O–H groups in total. The number of alkyl halides is 2. The Hall–Kier alpha value is -1.04. The number of benzene rings is 1. The number of hydrogen-bond acceptors (Lipinski definition) is 3. The molecule has 0 heterocycles. The molecule has 0 saturated carbocycles. The van der Waals surface area contributed by atoms with E-state index in [9.17, 15) is 8.78 Å². The summed E-state index contributed by atoms with van der Waals surface area (Å²) in [4.78, 5) is 0. The van der Waals surface area contributed by atoms with Gasteiger partial charge in [0.2, 0.25) is 0 Å². The third-order valence-corrected chi connectivity index (χ3v) is 3.21. The maximum Gasteiger partial charge on any atom is 0.263 e. The molecule has 1 aromatic carbocycles. The molecule has 1 aromatic rings. The molecule has 19 heavy (non-hydrogen) atoms. The standard InChI is InChI=1S/C14H22F2N2O/c1-2-12(6-7-19)18-13(9-17)10-4-3-5-11(8-10)14(15)16/h3-5,8,12-14,18-19H,2,6-7,9,17H2,1H3. The van der Waals surface area contributed by atoms with Gasteiger partial charge in [-0.15, -0.1) is 0 Å². The van der Waals surface area contributed by atoms with E-state index in [4.69, 9.17) is 10.8 Å². The molecule has 0 aromatic heterocycles. The zero-order chi connectivity index (χ0) is 14.3. The van der Waals surface area contributed by atoms with Crippen molar-refractivity contribution in [3.05, 3.63) is 35.4 Å². The summed E-state index contributed by atoms with van der Waals surface area (Å²) in [5, 5.41) is 12.3. The molecule has 0 spiro atoms. The number of halogens is 2. The molecule has 0 fully saturated rings. The molecule has 0 aliphatic heterocycles. The predicted molar refractivity (Wildman–Crippen MR) is 72.1 cm³/mol. The lowest BCUT2D eigenvalue weighted by Gasteiger charge is -2.24. The van der Waals surface area contributed by atoms with Crippen LogP contribution < -0.4 is 11.1 Å². The van der Waals surface area contributed by atoms with Gasteiger partial charge in [-0.3, -0.25) is 0 Å². The average Bonchev–Trinajstić information content (AvgIpc) is 2.43. The van der Waals surface area contributed by atoms with E-state index in [1.807, 2.05) is 6.92 Å². The van der Waals surface area contributed by atoms with Crippen LogP contribution in [0.3, 0.4) is 0 Å². The lowest BCUT2D eigenvalue weighted by atomic mass is 10.0. The van der Waals surface area contributed by atoms with E-state index < -0.39 is 6.43 Å². The van der Waals surface area contributed by atoms with E-state index in [1.165, 1.54) is 12.1 Å². The summed E-state index contributed by atoms with van der Waals surface area (Å²) in [6.45, 7) is 2.44. The highest BCUT2D eigenvalue weighted by Gasteiger charge is 2.16. The first-order chi connectivity index (χ1) is 9.12. The van der Waals surface area contributed by atoms with Crippen molar-refractivity contribution in [3.8, 4) is 0 Å². The van der Waals surface area contributed by atoms with Crippen molar-refractivity contribution in [2.45, 2.75) is 38.3 Å². The molecule has 1 rings (SSSR count). The SMILES string of the molecule is CCC(CCO)NC(CN)c1cccc(C(F)F)c1. The first-order valence-electron chi connectivity index (χ1n) is 6.57. The second-order valence-electron chi connectivity index (χ2n) is 4.54. The lowest BCUT2D eigenvalue weighted by molar-refractivity contribution is 0.151. The Labute approximate surface area is 112 Å². The quantitative estimate of drug-likeness (QED) is 0.681. The Bertz CT molecular complexity index is 374. The van der Waals surface area contributed by atoms with E-state index >= 15 is 0 Å². The van der Waals surface area contributed by atoms with E-state index in [1.54, 1.807) is 12.1 Å². The smallest absolute Gasteiger partial charge is 0.263 e. The van der Waals surface area contributed by atoms with Gasteiger partial charge < -0.3 is 16.2 Å². The van der Waals surface area contributed by atoms with Gasteiger partial charge in [-0.1, -0.05) is 25.1 Å². The van der Waals surface area contributed by atoms with Crippen LogP contribution >= 0.6 is 0 Å². The molecule has 0 saturated heterocycles. The number of rotatable bonds is 8. The van der Waals surface area contributed by atoms with Crippen LogP contribution in [0.4, 0.5) is 8.78 Å². The Kier molecular flexibility index (Phi) is 6.91. The number of hydrogen-bond donors (Lipinski definition) is 3. The van der Waals surface area contributed by atoms with Crippen LogP contribution in [-0.2, 0) is 0 Å². The average molecular weight is 272 g/mol. The molecule has 108 valence electrons. The fraction of sp³-hybridized carbons (Fsp3) is 0.571. The third-order valence-electron chi connectivity index (χ3n) is 3.21. The minimum atomic E-state index is -2.47. The van der Waals surface area contributed by atoms with Gasteiger partial charge in [0.15, 0.2) is 0 Å².